The Kier molecular flexibility index (Phi) is 4.01. The molecule has 1 aliphatic rings. The Balaban J connectivity index is 2.38. The average molecular weight is 274 g/mol. The number of anilines is 1. The molecule has 3 nitrogen and oxygen atoms in total. The summed E-state index contributed by atoms with van der Waals surface area (Å²) in [6.45, 7) is 0.846. The van der Waals surface area contributed by atoms with Crippen molar-refractivity contribution in [2.24, 2.45) is 5.73 Å². The van der Waals surface area contributed by atoms with Gasteiger partial charge in [0.15, 0.2) is 0 Å². The van der Waals surface area contributed by atoms with Gasteiger partial charge in [-0.1, -0.05) is 6.07 Å². The topological polar surface area (TPSA) is 49.5 Å². The van der Waals surface area contributed by atoms with Crippen molar-refractivity contribution < 1.29 is 18.3 Å². The van der Waals surface area contributed by atoms with E-state index in [2.05, 4.69) is 0 Å². The lowest BCUT2D eigenvalue weighted by atomic mass is 10.0. The minimum atomic E-state index is -4.41. The highest BCUT2D eigenvalue weighted by molar-refractivity contribution is 5.57. The minimum Gasteiger partial charge on any atom is -0.391 e. The lowest BCUT2D eigenvalue weighted by molar-refractivity contribution is -0.137. The lowest BCUT2D eigenvalue weighted by Gasteiger charge is -2.33. The fraction of sp³-hybridized carbons (Fsp3) is 0.538. The highest BCUT2D eigenvalue weighted by atomic mass is 19.4. The van der Waals surface area contributed by atoms with E-state index >= 15 is 0 Å². The third kappa shape index (κ3) is 3.19. The number of hydrogen-bond acceptors (Lipinski definition) is 3. The van der Waals surface area contributed by atoms with Crippen molar-refractivity contribution in [3.8, 4) is 0 Å². The van der Waals surface area contributed by atoms with E-state index in [4.69, 9.17) is 5.73 Å². The molecule has 1 saturated heterocycles. The Morgan fingerprint density at radius 1 is 1.37 bits per heavy atom. The molecule has 2 rings (SSSR count). The Bertz CT molecular complexity index is 448. The molecule has 19 heavy (non-hydrogen) atoms. The van der Waals surface area contributed by atoms with Crippen LogP contribution < -0.4 is 10.6 Å². The van der Waals surface area contributed by atoms with Gasteiger partial charge in [0.05, 0.1) is 11.7 Å². The number of hydrogen-bond donors (Lipinski definition) is 2. The van der Waals surface area contributed by atoms with E-state index in [1.165, 1.54) is 6.07 Å². The zero-order valence-corrected chi connectivity index (χ0v) is 10.5. The van der Waals surface area contributed by atoms with Crippen LogP contribution in [0.15, 0.2) is 18.2 Å². The number of β-amino-alcohol motifs (C(OH)–C–C–N with tert-alkyl or cyclic N) is 1. The van der Waals surface area contributed by atoms with Gasteiger partial charge >= 0.3 is 6.18 Å². The SMILES string of the molecule is NCc1ccc(N2CCCC(O)C2)c(C(F)(F)F)c1. The van der Waals surface area contributed by atoms with E-state index in [-0.39, 0.29) is 18.8 Å². The molecular weight excluding hydrogens is 257 g/mol. The Morgan fingerprint density at radius 2 is 2.11 bits per heavy atom. The summed E-state index contributed by atoms with van der Waals surface area (Å²) in [5.74, 6) is 0. The van der Waals surface area contributed by atoms with E-state index in [9.17, 15) is 18.3 Å². The van der Waals surface area contributed by atoms with Crippen LogP contribution in [-0.4, -0.2) is 24.3 Å². The molecule has 0 saturated carbocycles. The Labute approximate surface area is 109 Å². The molecule has 1 aromatic rings. The lowest BCUT2D eigenvalue weighted by Crippen LogP contribution is -2.39. The number of rotatable bonds is 2. The van der Waals surface area contributed by atoms with Crippen LogP contribution in [0.4, 0.5) is 18.9 Å². The fourth-order valence-electron chi connectivity index (χ4n) is 2.39. The fourth-order valence-corrected chi connectivity index (χ4v) is 2.39. The first-order valence-corrected chi connectivity index (χ1v) is 6.25. The van der Waals surface area contributed by atoms with Crippen molar-refractivity contribution in [2.75, 3.05) is 18.0 Å². The van der Waals surface area contributed by atoms with Gasteiger partial charge < -0.3 is 15.7 Å². The molecular formula is C13H17F3N2O. The van der Waals surface area contributed by atoms with Crippen LogP contribution in [0.2, 0.25) is 0 Å². The molecule has 1 unspecified atom stereocenters. The van der Waals surface area contributed by atoms with Crippen LogP contribution in [0.5, 0.6) is 0 Å². The molecule has 0 amide bonds. The quantitative estimate of drug-likeness (QED) is 0.868. The van der Waals surface area contributed by atoms with Crippen LogP contribution in [0.3, 0.4) is 0 Å². The molecule has 1 aromatic carbocycles. The number of nitrogens with two attached hydrogens (primary N) is 1. The zero-order chi connectivity index (χ0) is 14.0. The van der Waals surface area contributed by atoms with Gasteiger partial charge in [-0.3, -0.25) is 0 Å². The first-order valence-electron chi connectivity index (χ1n) is 6.25. The first kappa shape index (κ1) is 14.1. The number of alkyl halides is 3. The molecule has 0 spiro atoms. The smallest absolute Gasteiger partial charge is 0.391 e. The van der Waals surface area contributed by atoms with E-state index in [0.717, 1.165) is 6.07 Å². The predicted molar refractivity (Wildman–Crippen MR) is 66.8 cm³/mol. The summed E-state index contributed by atoms with van der Waals surface area (Å²) < 4.78 is 39.3. The second-order valence-electron chi connectivity index (χ2n) is 4.80. The maximum atomic E-state index is 13.1. The largest absolute Gasteiger partial charge is 0.418 e. The maximum absolute atomic E-state index is 13.1. The van der Waals surface area contributed by atoms with Crippen LogP contribution in [0.25, 0.3) is 0 Å². The van der Waals surface area contributed by atoms with Crippen LogP contribution in [0.1, 0.15) is 24.0 Å². The monoisotopic (exact) mass is 274 g/mol. The molecule has 1 fully saturated rings. The van der Waals surface area contributed by atoms with Gasteiger partial charge in [-0.25, -0.2) is 0 Å². The standard InChI is InChI=1S/C13H17F3N2O/c14-13(15,16)11-6-9(7-17)3-4-12(11)18-5-1-2-10(19)8-18/h3-4,6,10,19H,1-2,5,7-8,17H2. The molecule has 1 atom stereocenters. The molecule has 0 bridgehead atoms. The highest BCUT2D eigenvalue weighted by Gasteiger charge is 2.35. The van der Waals surface area contributed by atoms with Crippen molar-refractivity contribution in [1.82, 2.24) is 0 Å². The number of aliphatic hydroxyl groups is 1. The first-order chi connectivity index (χ1) is 8.91. The summed E-state index contributed by atoms with van der Waals surface area (Å²) >= 11 is 0. The van der Waals surface area contributed by atoms with E-state index < -0.39 is 17.8 Å². The molecule has 1 aliphatic heterocycles. The van der Waals surface area contributed by atoms with Crippen molar-refractivity contribution in [3.63, 3.8) is 0 Å². The van der Waals surface area contributed by atoms with E-state index in [1.54, 1.807) is 11.0 Å². The number of benzene rings is 1. The molecule has 3 N–H and O–H groups in total. The minimum absolute atomic E-state index is 0.0754. The molecule has 0 radical (unpaired) electrons. The molecule has 106 valence electrons. The Morgan fingerprint density at radius 3 is 2.68 bits per heavy atom. The van der Waals surface area contributed by atoms with Gasteiger partial charge in [0, 0.05) is 25.3 Å². The molecule has 0 aromatic heterocycles. The second kappa shape index (κ2) is 5.38. The third-order valence-corrected chi connectivity index (χ3v) is 3.34. The van der Waals surface area contributed by atoms with Gasteiger partial charge in [-0.2, -0.15) is 13.2 Å². The highest BCUT2D eigenvalue weighted by Crippen LogP contribution is 2.38. The van der Waals surface area contributed by atoms with E-state index in [0.29, 0.717) is 24.9 Å². The summed E-state index contributed by atoms with van der Waals surface area (Å²) in [4.78, 5) is 1.59. The number of aliphatic hydroxyl groups excluding tert-OH is 1. The van der Waals surface area contributed by atoms with Gasteiger partial charge in [-0.05, 0) is 30.5 Å². The van der Waals surface area contributed by atoms with Gasteiger partial charge in [0.2, 0.25) is 0 Å². The Hall–Kier alpha value is -1.27. The summed E-state index contributed by atoms with van der Waals surface area (Å²) in [6.07, 6.45) is -3.65. The molecule has 6 heteroatoms. The summed E-state index contributed by atoms with van der Waals surface area (Å²) in [5.41, 5.74) is 5.30. The van der Waals surface area contributed by atoms with Crippen LogP contribution >= 0.6 is 0 Å². The summed E-state index contributed by atoms with van der Waals surface area (Å²) in [7, 11) is 0. The average Bonchev–Trinajstić information content (AvgIpc) is 2.37. The predicted octanol–water partition coefficient (Wildman–Crippen LogP) is 2.13. The van der Waals surface area contributed by atoms with Crippen molar-refractivity contribution >= 4 is 5.69 Å². The summed E-state index contributed by atoms with van der Waals surface area (Å²) in [6, 6.07) is 4.14. The van der Waals surface area contributed by atoms with E-state index in [1.807, 2.05) is 0 Å². The normalized spacial score (nSPS) is 20.7. The second-order valence-corrected chi connectivity index (χ2v) is 4.80. The summed E-state index contributed by atoms with van der Waals surface area (Å²) in [5, 5.41) is 9.59. The van der Waals surface area contributed by atoms with Gasteiger partial charge in [0.1, 0.15) is 0 Å². The molecule has 0 aliphatic carbocycles. The van der Waals surface area contributed by atoms with Gasteiger partial charge in [0.25, 0.3) is 0 Å². The van der Waals surface area contributed by atoms with Crippen LogP contribution in [-0.2, 0) is 12.7 Å². The van der Waals surface area contributed by atoms with Crippen LogP contribution in [0, 0.1) is 0 Å². The third-order valence-electron chi connectivity index (χ3n) is 3.34. The number of piperidine rings is 1. The van der Waals surface area contributed by atoms with Gasteiger partial charge in [-0.15, -0.1) is 0 Å². The zero-order valence-electron chi connectivity index (χ0n) is 10.5. The van der Waals surface area contributed by atoms with Crippen molar-refractivity contribution in [1.29, 1.82) is 0 Å². The number of halogens is 3. The maximum Gasteiger partial charge on any atom is 0.418 e. The van der Waals surface area contributed by atoms with Crippen molar-refractivity contribution in [2.45, 2.75) is 31.7 Å². The van der Waals surface area contributed by atoms with Crippen molar-refractivity contribution in [3.05, 3.63) is 29.3 Å². The number of nitrogens with zero attached hydrogens (tertiary/aromatic N) is 1. The molecule has 1 heterocycles.